The van der Waals surface area contributed by atoms with Gasteiger partial charge in [-0.15, -0.1) is 0 Å². The number of rotatable bonds is 6. The Balaban J connectivity index is 1.81. The van der Waals surface area contributed by atoms with Gasteiger partial charge in [0.15, 0.2) is 5.82 Å². The van der Waals surface area contributed by atoms with Gasteiger partial charge in [-0.3, -0.25) is 4.90 Å². The van der Waals surface area contributed by atoms with E-state index < -0.39 is 10.0 Å². The second-order valence-electron chi connectivity index (χ2n) is 6.27. The van der Waals surface area contributed by atoms with Crippen LogP contribution in [0.15, 0.2) is 33.7 Å². The zero-order chi connectivity index (χ0) is 18.7. The zero-order valence-electron chi connectivity index (χ0n) is 15.3. The molecule has 1 unspecified atom stereocenters. The molecule has 9 heteroatoms. The average molecular weight is 379 g/mol. The molecule has 1 N–H and O–H groups in total. The maximum Gasteiger partial charge on any atom is 0.257 e. The van der Waals surface area contributed by atoms with Crippen LogP contribution in [0.1, 0.15) is 25.7 Å². The SMILES string of the molecule is CCN(CC)S(=O)(=O)c1ccc(-c2nc(C3CNCCN3C)no2)cc1. The molecule has 0 bridgehead atoms. The molecule has 1 fully saturated rings. The Kier molecular flexibility index (Phi) is 5.71. The predicted octanol–water partition coefficient (Wildman–Crippen LogP) is 1.34. The summed E-state index contributed by atoms with van der Waals surface area (Å²) >= 11 is 0. The third-order valence-electron chi connectivity index (χ3n) is 4.70. The highest BCUT2D eigenvalue weighted by Gasteiger charge is 2.26. The number of aromatic nitrogens is 2. The number of hydrogen-bond acceptors (Lipinski definition) is 7. The second kappa shape index (κ2) is 7.83. The van der Waals surface area contributed by atoms with Crippen molar-refractivity contribution >= 4 is 10.0 Å². The molecule has 8 nitrogen and oxygen atoms in total. The lowest BCUT2D eigenvalue weighted by Crippen LogP contribution is -2.44. The highest BCUT2D eigenvalue weighted by molar-refractivity contribution is 7.89. The summed E-state index contributed by atoms with van der Waals surface area (Å²) in [6, 6.07) is 6.65. The first-order chi connectivity index (χ1) is 12.5. The Bertz CT molecular complexity index is 830. The predicted molar refractivity (Wildman–Crippen MR) is 98.1 cm³/mol. The van der Waals surface area contributed by atoms with Crippen LogP contribution in [-0.2, 0) is 10.0 Å². The minimum Gasteiger partial charge on any atom is -0.334 e. The molecular formula is C17H25N5O3S. The highest BCUT2D eigenvalue weighted by atomic mass is 32.2. The van der Waals surface area contributed by atoms with E-state index in [0.29, 0.717) is 30.4 Å². The van der Waals surface area contributed by atoms with Gasteiger partial charge in [-0.25, -0.2) is 8.42 Å². The summed E-state index contributed by atoms with van der Waals surface area (Å²) in [5.41, 5.74) is 0.702. The van der Waals surface area contributed by atoms with Crippen molar-refractivity contribution < 1.29 is 12.9 Å². The smallest absolute Gasteiger partial charge is 0.257 e. The summed E-state index contributed by atoms with van der Waals surface area (Å²) < 4.78 is 31.9. The van der Waals surface area contributed by atoms with Gasteiger partial charge in [0.25, 0.3) is 5.89 Å². The number of nitrogens with zero attached hydrogens (tertiary/aromatic N) is 4. The quantitative estimate of drug-likeness (QED) is 0.810. The van der Waals surface area contributed by atoms with Crippen LogP contribution in [-0.4, -0.2) is 67.5 Å². The molecule has 1 aromatic heterocycles. The third-order valence-corrected chi connectivity index (χ3v) is 6.76. The maximum atomic E-state index is 12.6. The van der Waals surface area contributed by atoms with E-state index in [1.807, 2.05) is 20.9 Å². The van der Waals surface area contributed by atoms with E-state index in [0.717, 1.165) is 19.6 Å². The van der Waals surface area contributed by atoms with E-state index in [2.05, 4.69) is 20.4 Å². The molecule has 2 aromatic rings. The van der Waals surface area contributed by atoms with Gasteiger partial charge in [-0.1, -0.05) is 19.0 Å². The van der Waals surface area contributed by atoms with E-state index in [1.165, 1.54) is 4.31 Å². The van der Waals surface area contributed by atoms with Crippen LogP contribution >= 0.6 is 0 Å². The Labute approximate surface area is 154 Å². The molecule has 142 valence electrons. The van der Waals surface area contributed by atoms with Gasteiger partial charge in [-0.2, -0.15) is 9.29 Å². The first kappa shape index (κ1) is 19.0. The number of benzene rings is 1. The van der Waals surface area contributed by atoms with Crippen LogP contribution in [0.5, 0.6) is 0 Å². The molecule has 1 aliphatic rings. The summed E-state index contributed by atoms with van der Waals surface area (Å²) in [7, 11) is -1.43. The largest absolute Gasteiger partial charge is 0.334 e. The molecule has 2 heterocycles. The van der Waals surface area contributed by atoms with Crippen molar-refractivity contribution in [1.82, 2.24) is 24.7 Å². The first-order valence-electron chi connectivity index (χ1n) is 8.82. The fourth-order valence-electron chi connectivity index (χ4n) is 3.06. The molecule has 3 rings (SSSR count). The molecule has 1 saturated heterocycles. The average Bonchev–Trinajstić information content (AvgIpc) is 3.13. The van der Waals surface area contributed by atoms with Gasteiger partial charge >= 0.3 is 0 Å². The molecule has 1 aromatic carbocycles. The van der Waals surface area contributed by atoms with Crippen molar-refractivity contribution in [3.05, 3.63) is 30.1 Å². The van der Waals surface area contributed by atoms with Crippen LogP contribution in [0.3, 0.4) is 0 Å². The maximum absolute atomic E-state index is 12.6. The Morgan fingerprint density at radius 2 is 1.96 bits per heavy atom. The number of likely N-dealkylation sites (N-methyl/N-ethyl adjacent to an activating group) is 1. The standard InChI is InChI=1S/C17H25N5O3S/c1-4-22(5-2)26(23,24)14-8-6-13(7-9-14)17-19-16(20-25-17)15-12-18-10-11-21(15)3/h6-9,15,18H,4-5,10-12H2,1-3H3. The van der Waals surface area contributed by atoms with Gasteiger partial charge < -0.3 is 9.84 Å². The van der Waals surface area contributed by atoms with Crippen LogP contribution < -0.4 is 5.32 Å². The van der Waals surface area contributed by atoms with E-state index >= 15 is 0 Å². The van der Waals surface area contributed by atoms with Crippen LogP contribution in [0, 0.1) is 0 Å². The fourth-order valence-corrected chi connectivity index (χ4v) is 4.52. The number of nitrogens with one attached hydrogen (secondary N) is 1. The summed E-state index contributed by atoms with van der Waals surface area (Å²) in [4.78, 5) is 6.94. The van der Waals surface area contributed by atoms with Crippen LogP contribution in [0.2, 0.25) is 0 Å². The lowest BCUT2D eigenvalue weighted by molar-refractivity contribution is 0.190. The lowest BCUT2D eigenvalue weighted by Gasteiger charge is -2.30. The van der Waals surface area contributed by atoms with Gasteiger partial charge in [0, 0.05) is 38.3 Å². The van der Waals surface area contributed by atoms with Crippen molar-refractivity contribution in [2.45, 2.75) is 24.8 Å². The molecular weight excluding hydrogens is 354 g/mol. The van der Waals surface area contributed by atoms with Gasteiger partial charge in [0.1, 0.15) is 0 Å². The lowest BCUT2D eigenvalue weighted by atomic mass is 10.2. The van der Waals surface area contributed by atoms with E-state index in [9.17, 15) is 8.42 Å². The monoisotopic (exact) mass is 379 g/mol. The van der Waals surface area contributed by atoms with Crippen LogP contribution in [0.4, 0.5) is 0 Å². The van der Waals surface area contributed by atoms with Crippen molar-refractivity contribution in [3.8, 4) is 11.5 Å². The normalized spacial score (nSPS) is 19.2. The molecule has 0 radical (unpaired) electrons. The molecule has 26 heavy (non-hydrogen) atoms. The second-order valence-corrected chi connectivity index (χ2v) is 8.21. The zero-order valence-corrected chi connectivity index (χ0v) is 16.2. The Morgan fingerprint density at radius 1 is 1.27 bits per heavy atom. The van der Waals surface area contributed by atoms with Gasteiger partial charge in [-0.05, 0) is 31.3 Å². The minimum atomic E-state index is -3.47. The fraction of sp³-hybridized carbons (Fsp3) is 0.529. The first-order valence-corrected chi connectivity index (χ1v) is 10.3. The molecule has 0 amide bonds. The van der Waals surface area contributed by atoms with E-state index in [-0.39, 0.29) is 10.9 Å². The molecule has 0 aliphatic carbocycles. The van der Waals surface area contributed by atoms with E-state index in [4.69, 9.17) is 4.52 Å². The van der Waals surface area contributed by atoms with Crippen molar-refractivity contribution in [2.75, 3.05) is 39.8 Å². The van der Waals surface area contributed by atoms with Crippen molar-refractivity contribution in [3.63, 3.8) is 0 Å². The number of sulfonamides is 1. The topological polar surface area (TPSA) is 91.6 Å². The summed E-state index contributed by atoms with van der Waals surface area (Å²) in [6.07, 6.45) is 0. The highest BCUT2D eigenvalue weighted by Crippen LogP contribution is 2.24. The van der Waals surface area contributed by atoms with Gasteiger partial charge in [0.05, 0.1) is 10.9 Å². The summed E-state index contributed by atoms with van der Waals surface area (Å²) in [6.45, 7) is 7.18. The molecule has 1 aliphatic heterocycles. The number of hydrogen-bond donors (Lipinski definition) is 1. The summed E-state index contributed by atoms with van der Waals surface area (Å²) in [5.74, 6) is 1.03. The summed E-state index contributed by atoms with van der Waals surface area (Å²) in [5, 5.41) is 7.42. The van der Waals surface area contributed by atoms with Gasteiger partial charge in [0.2, 0.25) is 10.0 Å². The van der Waals surface area contributed by atoms with Crippen molar-refractivity contribution in [2.24, 2.45) is 0 Å². The molecule has 1 atom stereocenters. The van der Waals surface area contributed by atoms with E-state index in [1.54, 1.807) is 24.3 Å². The third kappa shape index (κ3) is 3.66. The van der Waals surface area contributed by atoms with Crippen molar-refractivity contribution in [1.29, 1.82) is 0 Å². The van der Waals surface area contributed by atoms with Crippen LogP contribution in [0.25, 0.3) is 11.5 Å². The molecule has 0 saturated carbocycles. The number of piperazine rings is 1. The molecule has 0 spiro atoms. The minimum absolute atomic E-state index is 0.0727. The Morgan fingerprint density at radius 3 is 2.58 bits per heavy atom. The Hall–Kier alpha value is -1.81.